The van der Waals surface area contributed by atoms with E-state index in [2.05, 4.69) is 13.8 Å². The van der Waals surface area contributed by atoms with Crippen LogP contribution in [0.3, 0.4) is 0 Å². The van der Waals surface area contributed by atoms with Crippen molar-refractivity contribution in [1.29, 1.82) is 0 Å². The largest absolute Gasteiger partial charge is 0.396 e. The second-order valence-corrected chi connectivity index (χ2v) is 8.56. The Hall–Kier alpha value is 0.330. The van der Waals surface area contributed by atoms with Crippen LogP contribution in [0.5, 0.6) is 0 Å². The lowest BCUT2D eigenvalue weighted by atomic mass is 9.89. The number of rotatable bonds is 7. The molecule has 1 N–H and O–H groups in total. The van der Waals surface area contributed by atoms with E-state index in [4.69, 9.17) is 0 Å². The molecule has 0 aliphatic heterocycles. The molecule has 0 aromatic rings. The van der Waals surface area contributed by atoms with Crippen molar-refractivity contribution in [3.05, 3.63) is 0 Å². The molecule has 4 heteroatoms. The highest BCUT2D eigenvalue weighted by Crippen LogP contribution is 2.46. The van der Waals surface area contributed by atoms with E-state index in [1.54, 1.807) is 0 Å². The van der Waals surface area contributed by atoms with Crippen molar-refractivity contribution < 1.29 is 9.90 Å². The molecule has 0 aromatic heterocycles. The predicted molar refractivity (Wildman–Crippen MR) is 77.4 cm³/mol. The van der Waals surface area contributed by atoms with E-state index in [9.17, 15) is 9.90 Å². The number of carbonyl (C=O) groups excluding carboxylic acids is 1. The first-order valence-electron chi connectivity index (χ1n) is 6.48. The van der Waals surface area contributed by atoms with Gasteiger partial charge in [-0.15, -0.1) is 0 Å². The lowest BCUT2D eigenvalue weighted by molar-refractivity contribution is -0.108. The molecule has 1 fully saturated rings. The van der Waals surface area contributed by atoms with Crippen LogP contribution in [0.4, 0.5) is 0 Å². The zero-order valence-corrected chi connectivity index (χ0v) is 12.5. The Morgan fingerprint density at radius 3 is 2.71 bits per heavy atom. The standard InChI is InChI=1S/C13H24O2S2/c1-13(2,8-5-9-14)17-16-12-7-4-3-6-11(12)10-15/h9,11-12,15H,3-8,10H2,1-2H3. The SMILES string of the molecule is CC(C)(CCC=O)SSC1CCCCC1CO. The lowest BCUT2D eigenvalue weighted by Crippen LogP contribution is -2.25. The van der Waals surface area contributed by atoms with Gasteiger partial charge in [-0.2, -0.15) is 0 Å². The monoisotopic (exact) mass is 276 g/mol. The fourth-order valence-electron chi connectivity index (χ4n) is 2.15. The Morgan fingerprint density at radius 1 is 1.35 bits per heavy atom. The summed E-state index contributed by atoms with van der Waals surface area (Å²) in [5.41, 5.74) is 0. The molecule has 0 saturated heterocycles. The van der Waals surface area contributed by atoms with Crippen molar-refractivity contribution in [2.45, 2.75) is 62.4 Å². The van der Waals surface area contributed by atoms with Crippen molar-refractivity contribution in [3.8, 4) is 0 Å². The van der Waals surface area contributed by atoms with Crippen LogP contribution in [0.15, 0.2) is 0 Å². The summed E-state index contributed by atoms with van der Waals surface area (Å²) in [5.74, 6) is 0.475. The third-order valence-corrected chi connectivity index (χ3v) is 7.34. The van der Waals surface area contributed by atoms with Gasteiger partial charge in [0.25, 0.3) is 0 Å². The lowest BCUT2D eigenvalue weighted by Gasteiger charge is -2.32. The molecule has 1 saturated carbocycles. The van der Waals surface area contributed by atoms with Gasteiger partial charge in [-0.3, -0.25) is 0 Å². The van der Waals surface area contributed by atoms with Gasteiger partial charge in [0.2, 0.25) is 0 Å². The maximum absolute atomic E-state index is 10.4. The first-order chi connectivity index (χ1) is 8.09. The third kappa shape index (κ3) is 5.66. The molecule has 2 atom stereocenters. The van der Waals surface area contributed by atoms with E-state index in [0.717, 1.165) is 12.7 Å². The van der Waals surface area contributed by atoms with Crippen LogP contribution in [-0.4, -0.2) is 28.0 Å². The molecule has 1 rings (SSSR count). The van der Waals surface area contributed by atoms with Gasteiger partial charge in [0.1, 0.15) is 6.29 Å². The topological polar surface area (TPSA) is 37.3 Å². The number of hydrogen-bond acceptors (Lipinski definition) is 4. The molecule has 2 nitrogen and oxygen atoms in total. The van der Waals surface area contributed by atoms with Gasteiger partial charge in [-0.05, 0) is 39.0 Å². The van der Waals surface area contributed by atoms with E-state index >= 15 is 0 Å². The highest BCUT2D eigenvalue weighted by atomic mass is 33.1. The van der Waals surface area contributed by atoms with E-state index in [1.807, 2.05) is 21.6 Å². The van der Waals surface area contributed by atoms with Crippen molar-refractivity contribution >= 4 is 27.9 Å². The second kappa shape index (κ2) is 7.70. The van der Waals surface area contributed by atoms with Gasteiger partial charge in [0.05, 0.1) is 0 Å². The molecule has 1 aliphatic carbocycles. The Labute approximate surface area is 113 Å². The molecule has 0 spiro atoms. The molecule has 0 aromatic carbocycles. The zero-order valence-electron chi connectivity index (χ0n) is 10.9. The Bertz CT molecular complexity index is 231. The molecule has 0 radical (unpaired) electrons. The van der Waals surface area contributed by atoms with Gasteiger partial charge in [-0.25, -0.2) is 0 Å². The number of aliphatic hydroxyl groups is 1. The van der Waals surface area contributed by atoms with Crippen LogP contribution >= 0.6 is 21.6 Å². The molecule has 0 bridgehead atoms. The van der Waals surface area contributed by atoms with E-state index in [1.165, 1.54) is 25.7 Å². The molecule has 0 amide bonds. The maximum Gasteiger partial charge on any atom is 0.120 e. The molecule has 1 aliphatic rings. The average Bonchev–Trinajstić information content (AvgIpc) is 2.34. The van der Waals surface area contributed by atoms with Crippen LogP contribution in [0.25, 0.3) is 0 Å². The van der Waals surface area contributed by atoms with Crippen molar-refractivity contribution in [2.24, 2.45) is 5.92 Å². The highest BCUT2D eigenvalue weighted by molar-refractivity contribution is 8.77. The normalized spacial score (nSPS) is 25.8. The maximum atomic E-state index is 10.4. The van der Waals surface area contributed by atoms with Crippen molar-refractivity contribution in [1.82, 2.24) is 0 Å². The molecule has 17 heavy (non-hydrogen) atoms. The van der Waals surface area contributed by atoms with Crippen LogP contribution in [0, 0.1) is 5.92 Å². The van der Waals surface area contributed by atoms with E-state index in [-0.39, 0.29) is 4.75 Å². The van der Waals surface area contributed by atoms with Gasteiger partial charge in [0, 0.05) is 23.0 Å². The smallest absolute Gasteiger partial charge is 0.120 e. The van der Waals surface area contributed by atoms with Crippen molar-refractivity contribution in [3.63, 3.8) is 0 Å². The van der Waals surface area contributed by atoms with Gasteiger partial charge in [0.15, 0.2) is 0 Å². The fourth-order valence-corrected chi connectivity index (χ4v) is 5.54. The quantitative estimate of drug-likeness (QED) is 0.568. The average molecular weight is 276 g/mol. The van der Waals surface area contributed by atoms with Crippen LogP contribution in [-0.2, 0) is 4.79 Å². The summed E-state index contributed by atoms with van der Waals surface area (Å²) in [6.45, 7) is 4.73. The fraction of sp³-hybridized carbons (Fsp3) is 0.923. The zero-order chi connectivity index (χ0) is 12.7. The molecular weight excluding hydrogens is 252 g/mol. The molecule has 100 valence electrons. The summed E-state index contributed by atoms with van der Waals surface area (Å²) in [4.78, 5) is 10.4. The summed E-state index contributed by atoms with van der Waals surface area (Å²) in [6, 6.07) is 0. The molecular formula is C13H24O2S2. The third-order valence-electron chi connectivity index (χ3n) is 3.34. The first kappa shape index (κ1) is 15.4. The van der Waals surface area contributed by atoms with E-state index in [0.29, 0.717) is 24.2 Å². The van der Waals surface area contributed by atoms with Crippen LogP contribution in [0.2, 0.25) is 0 Å². The van der Waals surface area contributed by atoms with Gasteiger partial charge >= 0.3 is 0 Å². The number of hydrogen-bond donors (Lipinski definition) is 1. The Morgan fingerprint density at radius 2 is 2.06 bits per heavy atom. The Balaban J connectivity index is 2.34. The molecule has 0 heterocycles. The van der Waals surface area contributed by atoms with Crippen LogP contribution < -0.4 is 0 Å². The second-order valence-electron chi connectivity index (χ2n) is 5.41. The summed E-state index contributed by atoms with van der Waals surface area (Å²) in [5, 5.41) is 9.96. The van der Waals surface area contributed by atoms with E-state index < -0.39 is 0 Å². The summed E-state index contributed by atoms with van der Waals surface area (Å²) < 4.78 is 0.156. The summed E-state index contributed by atoms with van der Waals surface area (Å²) >= 11 is 0. The van der Waals surface area contributed by atoms with Gasteiger partial charge < -0.3 is 9.90 Å². The molecule has 2 unspecified atom stereocenters. The first-order valence-corrected chi connectivity index (χ1v) is 8.69. The highest BCUT2D eigenvalue weighted by Gasteiger charge is 2.28. The predicted octanol–water partition coefficient (Wildman–Crippen LogP) is 3.68. The summed E-state index contributed by atoms with van der Waals surface area (Å²) in [7, 11) is 3.82. The van der Waals surface area contributed by atoms with Gasteiger partial charge in [-0.1, -0.05) is 34.4 Å². The summed E-state index contributed by atoms with van der Waals surface area (Å²) in [6.07, 6.45) is 7.55. The number of aliphatic hydroxyl groups excluding tert-OH is 1. The minimum atomic E-state index is 0.156. The number of aldehydes is 1. The van der Waals surface area contributed by atoms with Crippen molar-refractivity contribution in [2.75, 3.05) is 6.61 Å². The minimum absolute atomic E-state index is 0.156. The Kier molecular flexibility index (Phi) is 6.97. The minimum Gasteiger partial charge on any atom is -0.396 e. The number of carbonyl (C=O) groups is 1. The van der Waals surface area contributed by atoms with Crippen LogP contribution in [0.1, 0.15) is 52.4 Å².